The normalized spacial score (nSPS) is 20.9. The second kappa shape index (κ2) is 12.1. The molecule has 3 aromatic rings. The van der Waals surface area contributed by atoms with E-state index in [1.807, 2.05) is 12.1 Å². The van der Waals surface area contributed by atoms with Gasteiger partial charge in [-0.05, 0) is 74.0 Å². The molecule has 0 bridgehead atoms. The molecule has 1 aliphatic rings. The van der Waals surface area contributed by atoms with Gasteiger partial charge in [0.1, 0.15) is 17.3 Å². The Morgan fingerprint density at radius 3 is 2.53 bits per heavy atom. The van der Waals surface area contributed by atoms with Crippen molar-refractivity contribution < 1.29 is 19.4 Å². The highest BCUT2D eigenvalue weighted by atomic mass is 19.1. The predicted octanol–water partition coefficient (Wildman–Crippen LogP) is 5.76. The Kier molecular flexibility index (Phi) is 8.85. The van der Waals surface area contributed by atoms with Crippen molar-refractivity contribution in [2.75, 3.05) is 32.7 Å². The maximum absolute atomic E-state index is 14.9. The highest BCUT2D eigenvalue weighted by Gasteiger charge is 2.44. The highest BCUT2D eigenvalue weighted by molar-refractivity contribution is 5.99. The number of benzene rings is 3. The standard InChI is InChI=1S/C32H38FN2O3/c1-5-35(6-2)21(3)18-34-19-27(26-13-7-8-16-30(26)37)31(25-14-10-15-29(33)22(25)4)28(20-34)32(38)23-11-9-12-24(36)17-23/h7,9-17,21,27-28,31,36-37H,5-6,18-20H2,1-4H3/t21-,27+,28-,31+/m0/s1. The van der Waals surface area contributed by atoms with Gasteiger partial charge in [-0.3, -0.25) is 9.69 Å². The molecule has 6 heteroatoms. The number of halogens is 1. The molecule has 1 radical (unpaired) electrons. The fourth-order valence-electron chi connectivity index (χ4n) is 6.20. The predicted molar refractivity (Wildman–Crippen MR) is 148 cm³/mol. The van der Waals surface area contributed by atoms with Gasteiger partial charge in [0.25, 0.3) is 0 Å². The quantitative estimate of drug-likeness (QED) is 0.354. The number of rotatable bonds is 9. The molecule has 4 rings (SSSR count). The lowest BCUT2D eigenvalue weighted by Crippen LogP contribution is -2.51. The summed E-state index contributed by atoms with van der Waals surface area (Å²) in [6.45, 7) is 12.0. The first kappa shape index (κ1) is 27.8. The fourth-order valence-corrected chi connectivity index (χ4v) is 6.20. The van der Waals surface area contributed by atoms with Gasteiger partial charge < -0.3 is 15.1 Å². The number of hydrogen-bond donors (Lipinski definition) is 2. The van der Waals surface area contributed by atoms with Crippen LogP contribution in [-0.2, 0) is 0 Å². The molecule has 0 aromatic heterocycles. The number of likely N-dealkylation sites (N-methyl/N-ethyl adjacent to an activating group) is 1. The number of carbonyl (C=O) groups is 1. The van der Waals surface area contributed by atoms with E-state index in [0.29, 0.717) is 24.2 Å². The number of likely N-dealkylation sites (tertiary alicyclic amines) is 1. The van der Waals surface area contributed by atoms with Gasteiger partial charge >= 0.3 is 0 Å². The Bertz CT molecular complexity index is 1260. The maximum Gasteiger partial charge on any atom is 0.167 e. The first-order valence-electron chi connectivity index (χ1n) is 13.5. The third-order valence-electron chi connectivity index (χ3n) is 8.15. The third kappa shape index (κ3) is 5.77. The van der Waals surface area contributed by atoms with E-state index in [4.69, 9.17) is 0 Å². The zero-order valence-electron chi connectivity index (χ0n) is 22.7. The Morgan fingerprint density at radius 2 is 1.84 bits per heavy atom. The van der Waals surface area contributed by atoms with Crippen LogP contribution in [0.2, 0.25) is 0 Å². The van der Waals surface area contributed by atoms with Gasteiger partial charge in [0.05, 0.1) is 0 Å². The molecule has 1 aliphatic heterocycles. The van der Waals surface area contributed by atoms with Crippen molar-refractivity contribution in [1.29, 1.82) is 0 Å². The summed E-state index contributed by atoms with van der Waals surface area (Å²) in [6, 6.07) is 19.9. The topological polar surface area (TPSA) is 64.0 Å². The van der Waals surface area contributed by atoms with Crippen molar-refractivity contribution in [2.24, 2.45) is 5.92 Å². The number of nitrogens with zero attached hydrogens (tertiary/aromatic N) is 2. The van der Waals surface area contributed by atoms with E-state index in [1.54, 1.807) is 43.3 Å². The van der Waals surface area contributed by atoms with E-state index in [-0.39, 0.29) is 41.0 Å². The van der Waals surface area contributed by atoms with Crippen LogP contribution in [0.4, 0.5) is 4.39 Å². The molecule has 0 unspecified atom stereocenters. The minimum Gasteiger partial charge on any atom is -0.508 e. The van der Waals surface area contributed by atoms with Crippen molar-refractivity contribution in [3.8, 4) is 11.5 Å². The average Bonchev–Trinajstić information content (AvgIpc) is 2.90. The van der Waals surface area contributed by atoms with Crippen LogP contribution in [0.15, 0.2) is 60.7 Å². The molecule has 1 fully saturated rings. The molecule has 1 saturated heterocycles. The van der Waals surface area contributed by atoms with Gasteiger partial charge in [-0.2, -0.15) is 0 Å². The lowest BCUT2D eigenvalue weighted by atomic mass is 9.67. The Hall–Kier alpha value is -3.22. The number of aromatic hydroxyl groups is 2. The Balaban J connectivity index is 1.85. The molecule has 38 heavy (non-hydrogen) atoms. The van der Waals surface area contributed by atoms with E-state index in [9.17, 15) is 19.4 Å². The van der Waals surface area contributed by atoms with Gasteiger partial charge in [0.15, 0.2) is 5.78 Å². The first-order valence-corrected chi connectivity index (χ1v) is 13.5. The number of ketones is 1. The van der Waals surface area contributed by atoms with Crippen LogP contribution >= 0.6 is 0 Å². The van der Waals surface area contributed by atoms with E-state index in [0.717, 1.165) is 30.8 Å². The Morgan fingerprint density at radius 1 is 1.11 bits per heavy atom. The lowest BCUT2D eigenvalue weighted by molar-refractivity contribution is 0.0661. The van der Waals surface area contributed by atoms with E-state index < -0.39 is 5.92 Å². The molecule has 0 spiro atoms. The molecule has 0 saturated carbocycles. The minimum atomic E-state index is -0.511. The van der Waals surface area contributed by atoms with Crippen LogP contribution in [0.25, 0.3) is 0 Å². The summed E-state index contributed by atoms with van der Waals surface area (Å²) in [6.07, 6.45) is 0. The maximum atomic E-state index is 14.9. The van der Waals surface area contributed by atoms with Crippen molar-refractivity contribution in [3.05, 3.63) is 94.8 Å². The van der Waals surface area contributed by atoms with Crippen LogP contribution in [0.3, 0.4) is 0 Å². The second-order valence-electron chi connectivity index (χ2n) is 10.4. The molecule has 3 aromatic carbocycles. The lowest BCUT2D eigenvalue weighted by Gasteiger charge is -2.46. The molecular weight excluding hydrogens is 479 g/mol. The van der Waals surface area contributed by atoms with E-state index >= 15 is 0 Å². The van der Waals surface area contributed by atoms with Gasteiger partial charge in [0, 0.05) is 49.0 Å². The summed E-state index contributed by atoms with van der Waals surface area (Å²) in [5.74, 6) is -1.38. The number of piperidine rings is 1. The zero-order chi connectivity index (χ0) is 27.4. The molecule has 0 aliphatic carbocycles. The molecule has 0 amide bonds. The fraction of sp³-hybridized carbons (Fsp3) is 0.406. The SMILES string of the molecule is CCN(CC)[C@@H](C)CN1C[C@H](C(=O)c2cccc(O)c2)[C@H](c2cccc(F)c2C)[C@@H](c2cc[c]cc2O)C1. The molecule has 4 atom stereocenters. The van der Waals surface area contributed by atoms with Gasteiger partial charge in [-0.1, -0.05) is 50.2 Å². The summed E-state index contributed by atoms with van der Waals surface area (Å²) in [7, 11) is 0. The summed E-state index contributed by atoms with van der Waals surface area (Å²) in [5, 5.41) is 21.0. The summed E-state index contributed by atoms with van der Waals surface area (Å²) in [5.41, 5.74) is 2.45. The van der Waals surface area contributed by atoms with Crippen LogP contribution in [0.1, 0.15) is 59.7 Å². The van der Waals surface area contributed by atoms with Gasteiger partial charge in [-0.15, -0.1) is 0 Å². The van der Waals surface area contributed by atoms with Crippen LogP contribution < -0.4 is 0 Å². The molecule has 201 valence electrons. The summed E-state index contributed by atoms with van der Waals surface area (Å²) >= 11 is 0. The van der Waals surface area contributed by atoms with Gasteiger partial charge in [-0.25, -0.2) is 4.39 Å². The first-order chi connectivity index (χ1) is 18.2. The summed E-state index contributed by atoms with van der Waals surface area (Å²) in [4.78, 5) is 18.9. The number of carbonyl (C=O) groups excluding carboxylic acids is 1. The minimum absolute atomic E-state index is 0.0324. The molecule has 2 N–H and O–H groups in total. The number of phenolic OH excluding ortho intramolecular Hbond substituents is 2. The number of hydrogen-bond acceptors (Lipinski definition) is 5. The van der Waals surface area contributed by atoms with Crippen LogP contribution in [0, 0.1) is 24.7 Å². The zero-order valence-corrected chi connectivity index (χ0v) is 22.7. The smallest absolute Gasteiger partial charge is 0.167 e. The van der Waals surface area contributed by atoms with Crippen molar-refractivity contribution in [1.82, 2.24) is 9.80 Å². The number of phenols is 2. The third-order valence-corrected chi connectivity index (χ3v) is 8.15. The van der Waals surface area contributed by atoms with Gasteiger partial charge in [0.2, 0.25) is 0 Å². The van der Waals surface area contributed by atoms with Crippen molar-refractivity contribution in [2.45, 2.75) is 45.6 Å². The average molecular weight is 518 g/mol. The van der Waals surface area contributed by atoms with E-state index in [2.05, 4.69) is 36.6 Å². The number of Topliss-reactive ketones (excluding diaryl/α,β-unsaturated/α-hetero) is 1. The van der Waals surface area contributed by atoms with Crippen molar-refractivity contribution >= 4 is 5.78 Å². The molecule has 5 nitrogen and oxygen atoms in total. The van der Waals surface area contributed by atoms with Crippen molar-refractivity contribution in [3.63, 3.8) is 0 Å². The molecular formula is C32H38FN2O3. The molecule has 1 heterocycles. The van der Waals surface area contributed by atoms with Crippen LogP contribution in [0.5, 0.6) is 11.5 Å². The highest BCUT2D eigenvalue weighted by Crippen LogP contribution is 2.47. The summed E-state index contributed by atoms with van der Waals surface area (Å²) < 4.78 is 14.9. The monoisotopic (exact) mass is 517 g/mol. The Labute approximate surface area is 225 Å². The second-order valence-corrected chi connectivity index (χ2v) is 10.4. The van der Waals surface area contributed by atoms with Crippen LogP contribution in [-0.4, -0.2) is 64.6 Å². The largest absolute Gasteiger partial charge is 0.508 e. The van der Waals surface area contributed by atoms with E-state index in [1.165, 1.54) is 12.1 Å².